The number of benzene rings is 1. The molecule has 6 heteroatoms. The molecule has 0 radical (unpaired) electrons. The molecule has 2 aliphatic rings. The highest BCUT2D eigenvalue weighted by atomic mass is 19.4. The fraction of sp³-hybridized carbons (Fsp3) is 0.588. The standard InChI is InChI=1S/C17H21F3N2O/c18-17(19,20)13-3-1-11(2-4-13)10-21-16(23)9-12-7-14-5-6-15(8-12)22-14/h1-4,12,14-15,22H,5-10H2,(H,21,23). The minimum absolute atomic E-state index is 0.0174. The lowest BCUT2D eigenvalue weighted by Gasteiger charge is -2.28. The average Bonchev–Trinajstić information content (AvgIpc) is 2.83. The van der Waals surface area contributed by atoms with Gasteiger partial charge in [0, 0.05) is 25.0 Å². The quantitative estimate of drug-likeness (QED) is 0.892. The Morgan fingerprint density at radius 3 is 2.30 bits per heavy atom. The summed E-state index contributed by atoms with van der Waals surface area (Å²) in [5, 5.41) is 6.36. The summed E-state index contributed by atoms with van der Waals surface area (Å²) >= 11 is 0. The van der Waals surface area contributed by atoms with Gasteiger partial charge in [-0.2, -0.15) is 13.2 Å². The maximum Gasteiger partial charge on any atom is 0.416 e. The summed E-state index contributed by atoms with van der Waals surface area (Å²) in [6, 6.07) is 6.03. The average molecular weight is 326 g/mol. The van der Waals surface area contributed by atoms with E-state index in [2.05, 4.69) is 10.6 Å². The van der Waals surface area contributed by atoms with Gasteiger partial charge in [-0.25, -0.2) is 0 Å². The molecule has 3 rings (SSSR count). The summed E-state index contributed by atoms with van der Waals surface area (Å²) < 4.78 is 37.5. The van der Waals surface area contributed by atoms with E-state index >= 15 is 0 Å². The van der Waals surface area contributed by atoms with Crippen molar-refractivity contribution in [3.05, 3.63) is 35.4 Å². The Labute approximate surface area is 133 Å². The van der Waals surface area contributed by atoms with Crippen molar-refractivity contribution < 1.29 is 18.0 Å². The molecule has 23 heavy (non-hydrogen) atoms. The van der Waals surface area contributed by atoms with Crippen LogP contribution in [0.25, 0.3) is 0 Å². The monoisotopic (exact) mass is 326 g/mol. The van der Waals surface area contributed by atoms with Crippen molar-refractivity contribution in [3.63, 3.8) is 0 Å². The van der Waals surface area contributed by atoms with E-state index in [0.29, 0.717) is 30.0 Å². The zero-order valence-corrected chi connectivity index (χ0v) is 12.8. The molecule has 2 bridgehead atoms. The minimum Gasteiger partial charge on any atom is -0.352 e. The molecule has 2 aliphatic heterocycles. The smallest absolute Gasteiger partial charge is 0.352 e. The number of halogens is 3. The first-order valence-corrected chi connectivity index (χ1v) is 8.09. The zero-order valence-electron chi connectivity index (χ0n) is 12.8. The summed E-state index contributed by atoms with van der Waals surface area (Å²) in [7, 11) is 0. The molecular formula is C17H21F3N2O. The lowest BCUT2D eigenvalue weighted by atomic mass is 9.89. The second kappa shape index (κ2) is 6.51. The van der Waals surface area contributed by atoms with E-state index in [9.17, 15) is 18.0 Å². The van der Waals surface area contributed by atoms with Crippen LogP contribution in [0.1, 0.15) is 43.2 Å². The molecule has 1 amide bonds. The minimum atomic E-state index is -4.32. The second-order valence-corrected chi connectivity index (χ2v) is 6.65. The number of hydrogen-bond acceptors (Lipinski definition) is 2. The second-order valence-electron chi connectivity index (χ2n) is 6.65. The summed E-state index contributed by atoms with van der Waals surface area (Å²) in [5.74, 6) is 0.401. The van der Waals surface area contributed by atoms with Gasteiger partial charge in [0.1, 0.15) is 0 Å². The van der Waals surface area contributed by atoms with Gasteiger partial charge < -0.3 is 10.6 Å². The van der Waals surface area contributed by atoms with Crippen LogP contribution >= 0.6 is 0 Å². The SMILES string of the molecule is O=C(CC1CC2CCC(C1)N2)NCc1ccc(C(F)(F)F)cc1. The third-order valence-corrected chi connectivity index (χ3v) is 4.82. The van der Waals surface area contributed by atoms with Gasteiger partial charge >= 0.3 is 6.18 Å². The van der Waals surface area contributed by atoms with Crippen molar-refractivity contribution in [3.8, 4) is 0 Å². The molecule has 0 aromatic heterocycles. The summed E-state index contributed by atoms with van der Waals surface area (Å²) in [6.07, 6.45) is 0.683. The van der Waals surface area contributed by atoms with Gasteiger partial charge in [-0.1, -0.05) is 12.1 Å². The van der Waals surface area contributed by atoms with E-state index in [1.807, 2.05) is 0 Å². The molecule has 2 N–H and O–H groups in total. The maximum atomic E-state index is 12.5. The van der Waals surface area contributed by atoms with Crippen LogP contribution in [0.2, 0.25) is 0 Å². The normalized spacial score (nSPS) is 27.0. The largest absolute Gasteiger partial charge is 0.416 e. The third-order valence-electron chi connectivity index (χ3n) is 4.82. The maximum absolute atomic E-state index is 12.5. The summed E-state index contributed by atoms with van der Waals surface area (Å²) in [4.78, 5) is 12.0. The first-order valence-electron chi connectivity index (χ1n) is 8.09. The van der Waals surface area contributed by atoms with Crippen molar-refractivity contribution in [2.45, 2.75) is 56.9 Å². The van der Waals surface area contributed by atoms with Crippen molar-refractivity contribution in [2.24, 2.45) is 5.92 Å². The fourth-order valence-electron chi connectivity index (χ4n) is 3.69. The Kier molecular flexibility index (Phi) is 4.62. The lowest BCUT2D eigenvalue weighted by Crippen LogP contribution is -2.39. The molecule has 1 aromatic carbocycles. The fourth-order valence-corrected chi connectivity index (χ4v) is 3.69. The summed E-state index contributed by atoms with van der Waals surface area (Å²) in [6.45, 7) is 0.273. The van der Waals surface area contributed by atoms with Crippen molar-refractivity contribution in [2.75, 3.05) is 0 Å². The van der Waals surface area contributed by atoms with Crippen LogP contribution in [-0.2, 0) is 17.5 Å². The highest BCUT2D eigenvalue weighted by Crippen LogP contribution is 2.32. The highest BCUT2D eigenvalue weighted by Gasteiger charge is 2.34. The summed E-state index contributed by atoms with van der Waals surface area (Å²) in [5.41, 5.74) is 0.00878. The van der Waals surface area contributed by atoms with E-state index in [1.54, 1.807) is 0 Å². The van der Waals surface area contributed by atoms with Gasteiger partial charge in [0.25, 0.3) is 0 Å². The van der Waals surface area contributed by atoms with Crippen LogP contribution in [0, 0.1) is 5.92 Å². The number of carbonyl (C=O) groups is 1. The predicted octanol–water partition coefficient (Wildman–Crippen LogP) is 3.24. The number of alkyl halides is 3. The van der Waals surface area contributed by atoms with E-state index < -0.39 is 11.7 Å². The zero-order chi connectivity index (χ0) is 16.4. The van der Waals surface area contributed by atoms with Crippen molar-refractivity contribution >= 4 is 5.91 Å². The van der Waals surface area contributed by atoms with E-state index in [0.717, 1.165) is 25.0 Å². The Hall–Kier alpha value is -1.56. The number of hydrogen-bond donors (Lipinski definition) is 2. The topological polar surface area (TPSA) is 41.1 Å². The molecule has 2 saturated heterocycles. The molecule has 2 atom stereocenters. The molecule has 0 saturated carbocycles. The highest BCUT2D eigenvalue weighted by molar-refractivity contribution is 5.76. The number of nitrogens with one attached hydrogen (secondary N) is 2. The molecule has 2 fully saturated rings. The van der Waals surface area contributed by atoms with Crippen LogP contribution in [0.5, 0.6) is 0 Å². The van der Waals surface area contributed by atoms with Crippen molar-refractivity contribution in [1.29, 1.82) is 0 Å². The Morgan fingerprint density at radius 2 is 1.74 bits per heavy atom. The lowest BCUT2D eigenvalue weighted by molar-refractivity contribution is -0.137. The van der Waals surface area contributed by atoms with Gasteiger partial charge in [-0.3, -0.25) is 4.79 Å². The van der Waals surface area contributed by atoms with Gasteiger partial charge in [0.15, 0.2) is 0 Å². The van der Waals surface area contributed by atoms with Gasteiger partial charge in [0.2, 0.25) is 5.91 Å². The van der Waals surface area contributed by atoms with Gasteiger partial charge in [-0.15, -0.1) is 0 Å². The molecule has 126 valence electrons. The van der Waals surface area contributed by atoms with Crippen LogP contribution in [0.4, 0.5) is 13.2 Å². The van der Waals surface area contributed by atoms with E-state index in [-0.39, 0.29) is 12.5 Å². The molecule has 0 spiro atoms. The van der Waals surface area contributed by atoms with Crippen LogP contribution in [-0.4, -0.2) is 18.0 Å². The Bertz CT molecular complexity index is 544. The Balaban J connectivity index is 1.45. The third kappa shape index (κ3) is 4.25. The first kappa shape index (κ1) is 16.3. The van der Waals surface area contributed by atoms with Gasteiger partial charge in [0.05, 0.1) is 5.56 Å². The van der Waals surface area contributed by atoms with Crippen LogP contribution < -0.4 is 10.6 Å². The van der Waals surface area contributed by atoms with Crippen LogP contribution in [0.3, 0.4) is 0 Å². The Morgan fingerprint density at radius 1 is 1.13 bits per heavy atom. The molecule has 2 heterocycles. The first-order chi connectivity index (χ1) is 10.9. The van der Waals surface area contributed by atoms with Crippen LogP contribution in [0.15, 0.2) is 24.3 Å². The number of amides is 1. The molecular weight excluding hydrogens is 305 g/mol. The number of carbonyl (C=O) groups excluding carboxylic acids is 1. The van der Waals surface area contributed by atoms with Crippen molar-refractivity contribution in [1.82, 2.24) is 10.6 Å². The molecule has 3 nitrogen and oxygen atoms in total. The molecule has 2 unspecified atom stereocenters. The predicted molar refractivity (Wildman–Crippen MR) is 80.6 cm³/mol. The van der Waals surface area contributed by atoms with E-state index in [4.69, 9.17) is 0 Å². The number of piperidine rings is 1. The number of fused-ring (bicyclic) bond motifs is 2. The van der Waals surface area contributed by atoms with E-state index in [1.165, 1.54) is 25.0 Å². The molecule has 1 aromatic rings. The number of rotatable bonds is 4. The molecule has 0 aliphatic carbocycles. The van der Waals surface area contributed by atoms with Gasteiger partial charge in [-0.05, 0) is 49.3 Å².